The number of hydrogen-bond acceptors (Lipinski definition) is 6. The van der Waals surface area contributed by atoms with Gasteiger partial charge >= 0.3 is 11.5 Å². The minimum Gasteiger partial charge on any atom is -0.471 e. The Morgan fingerprint density at radius 3 is 2.36 bits per heavy atom. The van der Waals surface area contributed by atoms with Crippen LogP contribution in [-0.2, 0) is 16.6 Å². The van der Waals surface area contributed by atoms with Gasteiger partial charge in [0.25, 0.3) is 12.3 Å². The highest BCUT2D eigenvalue weighted by Gasteiger charge is 2.44. The van der Waals surface area contributed by atoms with Crippen LogP contribution in [0.2, 0.25) is 4.47 Å². The summed E-state index contributed by atoms with van der Waals surface area (Å²) < 4.78 is 14.2. The molecule has 0 radical (unpaired) electrons. The van der Waals surface area contributed by atoms with Crippen molar-refractivity contribution in [1.29, 1.82) is 0 Å². The molecule has 0 fully saturated rings. The summed E-state index contributed by atoms with van der Waals surface area (Å²) in [4.78, 5) is 31.6. The Kier molecular flexibility index (Phi) is 7.56. The third-order valence-corrected chi connectivity index (χ3v) is 6.44. The van der Waals surface area contributed by atoms with Crippen LogP contribution in [-0.4, -0.2) is 42.3 Å². The van der Waals surface area contributed by atoms with E-state index in [0.29, 0.717) is 28.4 Å². The average molecular weight is 492 g/mol. The second kappa shape index (κ2) is 10.0. The van der Waals surface area contributed by atoms with E-state index in [9.17, 15) is 9.59 Å². The van der Waals surface area contributed by atoms with E-state index in [4.69, 9.17) is 21.1 Å². The highest BCUT2D eigenvalue weighted by atomic mass is 35.5. The van der Waals surface area contributed by atoms with Crippen molar-refractivity contribution in [2.75, 3.05) is 25.7 Å². The molecule has 0 saturated carbocycles. The molecule has 1 aliphatic heterocycles. The van der Waals surface area contributed by atoms with Gasteiger partial charge in [-0.3, -0.25) is 4.79 Å². The molecular formula is C23H28ClN4O4S+. The van der Waals surface area contributed by atoms with Crippen LogP contribution in [0.5, 0.6) is 5.88 Å². The second-order valence-electron chi connectivity index (χ2n) is 8.39. The van der Waals surface area contributed by atoms with Gasteiger partial charge in [0, 0.05) is 13.3 Å². The summed E-state index contributed by atoms with van der Waals surface area (Å²) in [5.74, 6) is 0.855. The van der Waals surface area contributed by atoms with Crippen molar-refractivity contribution >= 4 is 35.3 Å². The fourth-order valence-electron chi connectivity index (χ4n) is 3.50. The number of methoxy groups -OCH3 is 2. The zero-order valence-corrected chi connectivity index (χ0v) is 21.1. The van der Waals surface area contributed by atoms with Gasteiger partial charge in [-0.15, -0.1) is 11.3 Å². The summed E-state index contributed by atoms with van der Waals surface area (Å²) in [6.07, 6.45) is 2.37. The molecular weight excluding hydrogens is 464 g/mol. The van der Waals surface area contributed by atoms with Crippen molar-refractivity contribution in [1.82, 2.24) is 9.55 Å². The summed E-state index contributed by atoms with van der Waals surface area (Å²) in [7, 11) is 4.99. The number of thiazole rings is 1. The molecule has 1 atom stereocenters. The van der Waals surface area contributed by atoms with E-state index >= 15 is 0 Å². The first kappa shape index (κ1) is 24.9. The first-order chi connectivity index (χ1) is 15.6. The topological polar surface area (TPSA) is 77.5 Å². The number of fused-ring (bicyclic) bond motifs is 1. The van der Waals surface area contributed by atoms with E-state index in [1.807, 2.05) is 51.1 Å². The SMILES string of the molecule is COC(C)(C)C.COc1c(-c2ccccc2)c(=O)n2c([n+]1C)N(C=O)CC2c1cnc(Cl)s1. The van der Waals surface area contributed by atoms with Crippen molar-refractivity contribution in [2.45, 2.75) is 32.4 Å². The lowest BCUT2D eigenvalue weighted by atomic mass is 10.1. The second-order valence-corrected chi connectivity index (χ2v) is 10.0. The van der Waals surface area contributed by atoms with Crippen molar-refractivity contribution in [3.8, 4) is 17.0 Å². The predicted molar refractivity (Wildman–Crippen MR) is 129 cm³/mol. The standard InChI is InChI=1S/C18H16ClN4O3S.C5H12O/c1-21-16(26-2)14(11-6-4-3-5-7-11)15(25)23-12(9-22(10-24)18(21)23)13-8-20-17(19)27-13;1-5(2,3)6-4/h3-8,10,12H,9H2,1-2H3;1-4H3/q+1;. The molecule has 0 bridgehead atoms. The Labute approximate surface area is 202 Å². The van der Waals surface area contributed by atoms with Crippen LogP contribution in [0.15, 0.2) is 41.3 Å². The molecule has 1 amide bonds. The highest BCUT2D eigenvalue weighted by molar-refractivity contribution is 7.15. The highest BCUT2D eigenvalue weighted by Crippen LogP contribution is 2.35. The fourth-order valence-corrected chi connectivity index (χ4v) is 4.54. The number of anilines is 1. The third kappa shape index (κ3) is 5.10. The van der Waals surface area contributed by atoms with Crippen LogP contribution in [0.4, 0.5) is 5.95 Å². The van der Waals surface area contributed by atoms with Gasteiger partial charge in [-0.2, -0.15) is 9.47 Å². The number of rotatable bonds is 4. The maximum atomic E-state index is 13.5. The Hall–Kier alpha value is -2.75. The van der Waals surface area contributed by atoms with Gasteiger partial charge in [0.05, 0.1) is 24.6 Å². The maximum Gasteiger partial charge on any atom is 0.373 e. The third-order valence-electron chi connectivity index (χ3n) is 5.22. The van der Waals surface area contributed by atoms with E-state index in [1.165, 1.54) is 23.3 Å². The zero-order chi connectivity index (χ0) is 24.3. The Morgan fingerprint density at radius 1 is 1.24 bits per heavy atom. The van der Waals surface area contributed by atoms with Gasteiger partial charge in [-0.1, -0.05) is 41.9 Å². The molecule has 10 heteroatoms. The first-order valence-corrected chi connectivity index (χ1v) is 11.5. The molecule has 2 aromatic heterocycles. The van der Waals surface area contributed by atoms with Gasteiger partial charge in [-0.25, -0.2) is 14.3 Å². The number of nitrogens with zero attached hydrogens (tertiary/aromatic N) is 4. The zero-order valence-electron chi connectivity index (χ0n) is 19.5. The van der Waals surface area contributed by atoms with Gasteiger partial charge in [0.15, 0.2) is 10.5 Å². The Bertz CT molecular complexity index is 1190. The number of ether oxygens (including phenoxy) is 2. The van der Waals surface area contributed by atoms with Crippen molar-refractivity contribution < 1.29 is 18.8 Å². The van der Waals surface area contributed by atoms with Crippen molar-refractivity contribution in [3.05, 3.63) is 56.2 Å². The molecule has 0 N–H and O–H groups in total. The van der Waals surface area contributed by atoms with Crippen LogP contribution >= 0.6 is 22.9 Å². The van der Waals surface area contributed by atoms with E-state index in [1.54, 1.807) is 29.5 Å². The molecule has 4 rings (SSSR count). The summed E-state index contributed by atoms with van der Waals surface area (Å²) >= 11 is 7.29. The van der Waals surface area contributed by atoms with Crippen LogP contribution in [0.25, 0.3) is 11.1 Å². The number of aromatic nitrogens is 3. The summed E-state index contributed by atoms with van der Waals surface area (Å²) in [5.41, 5.74) is 0.999. The van der Waals surface area contributed by atoms with Gasteiger partial charge in [0.2, 0.25) is 0 Å². The molecule has 1 unspecified atom stereocenters. The van der Waals surface area contributed by atoms with Crippen LogP contribution < -0.4 is 19.8 Å². The molecule has 0 saturated heterocycles. The molecule has 3 heterocycles. The van der Waals surface area contributed by atoms with Gasteiger partial charge in [0.1, 0.15) is 12.1 Å². The number of carbonyl (C=O) groups excluding carboxylic acids is 1. The minimum absolute atomic E-state index is 0.0417. The first-order valence-electron chi connectivity index (χ1n) is 10.3. The van der Waals surface area contributed by atoms with Crippen molar-refractivity contribution in [2.24, 2.45) is 7.05 Å². The molecule has 1 aromatic carbocycles. The Morgan fingerprint density at radius 2 is 1.88 bits per heavy atom. The van der Waals surface area contributed by atoms with Gasteiger partial charge in [-0.05, 0) is 26.3 Å². The fraction of sp³-hybridized carbons (Fsp3) is 0.391. The smallest absolute Gasteiger partial charge is 0.373 e. The lowest BCUT2D eigenvalue weighted by molar-refractivity contribution is -0.666. The molecule has 0 spiro atoms. The predicted octanol–water partition coefficient (Wildman–Crippen LogP) is 3.46. The molecule has 0 aliphatic carbocycles. The van der Waals surface area contributed by atoms with E-state index in [-0.39, 0.29) is 17.2 Å². The van der Waals surface area contributed by atoms with Crippen molar-refractivity contribution in [3.63, 3.8) is 0 Å². The lowest BCUT2D eigenvalue weighted by Gasteiger charge is -2.14. The molecule has 176 valence electrons. The molecule has 3 aromatic rings. The number of benzene rings is 1. The number of hydrogen-bond donors (Lipinski definition) is 0. The number of halogens is 1. The van der Waals surface area contributed by atoms with Crippen LogP contribution in [0, 0.1) is 0 Å². The van der Waals surface area contributed by atoms with Gasteiger partial charge < -0.3 is 9.47 Å². The normalized spacial score (nSPS) is 15.0. The average Bonchev–Trinajstić information content (AvgIpc) is 3.40. The van der Waals surface area contributed by atoms with E-state index in [2.05, 4.69) is 4.98 Å². The largest absolute Gasteiger partial charge is 0.471 e. The van der Waals surface area contributed by atoms with E-state index in [0.717, 1.165) is 16.9 Å². The van der Waals surface area contributed by atoms with E-state index < -0.39 is 0 Å². The summed E-state index contributed by atoms with van der Waals surface area (Å²) in [6.45, 7) is 6.39. The minimum atomic E-state index is -0.359. The summed E-state index contributed by atoms with van der Waals surface area (Å²) in [6, 6.07) is 8.97. The maximum absolute atomic E-state index is 13.5. The monoisotopic (exact) mass is 491 g/mol. The van der Waals surface area contributed by atoms with Crippen LogP contribution in [0.1, 0.15) is 31.7 Å². The molecule has 8 nitrogen and oxygen atoms in total. The summed E-state index contributed by atoms with van der Waals surface area (Å²) in [5, 5.41) is 0. The molecule has 1 aliphatic rings. The lowest BCUT2D eigenvalue weighted by Crippen LogP contribution is -2.43. The quantitative estimate of drug-likeness (QED) is 0.412. The number of amides is 1. The van der Waals surface area contributed by atoms with Crippen LogP contribution in [0.3, 0.4) is 0 Å². The molecule has 33 heavy (non-hydrogen) atoms. The number of carbonyl (C=O) groups is 1. The Balaban J connectivity index is 0.000000454.